The van der Waals surface area contributed by atoms with E-state index in [0.29, 0.717) is 6.42 Å². The average molecular weight is 133 g/mol. The quantitative estimate of drug-likeness (QED) is 0.562. The molecule has 1 atom stereocenters. The zero-order valence-electron chi connectivity index (χ0n) is 5.33. The molecule has 0 aliphatic carbocycles. The zero-order valence-corrected chi connectivity index (χ0v) is 5.33. The van der Waals surface area contributed by atoms with E-state index in [9.17, 15) is 4.79 Å². The van der Waals surface area contributed by atoms with Gasteiger partial charge in [0, 0.05) is 0 Å². The second-order valence-electron chi connectivity index (χ2n) is 1.69. The summed E-state index contributed by atoms with van der Waals surface area (Å²) in [4.78, 5) is 9.91. The molecule has 0 rings (SSSR count). The lowest BCUT2D eigenvalue weighted by atomic mass is 10.3. The highest BCUT2D eigenvalue weighted by Crippen LogP contribution is 1.89. The van der Waals surface area contributed by atoms with Gasteiger partial charge in [0.15, 0.2) is 0 Å². The molecule has 0 aliphatic heterocycles. The van der Waals surface area contributed by atoms with Crippen LogP contribution in [0, 0.1) is 0 Å². The van der Waals surface area contributed by atoms with Crippen LogP contribution >= 0.6 is 0 Å². The van der Waals surface area contributed by atoms with Gasteiger partial charge in [-0.05, 0) is 6.42 Å². The summed E-state index contributed by atoms with van der Waals surface area (Å²) in [6.45, 7) is 1.78. The van der Waals surface area contributed by atoms with Gasteiger partial charge in [-0.1, -0.05) is 6.92 Å². The smallest absolute Gasteiger partial charge is 0.404 e. The van der Waals surface area contributed by atoms with Crippen LogP contribution < -0.4 is 5.73 Å². The van der Waals surface area contributed by atoms with Gasteiger partial charge in [-0.2, -0.15) is 0 Å². The Kier molecular flexibility index (Phi) is 3.79. The van der Waals surface area contributed by atoms with Crippen molar-refractivity contribution >= 4 is 6.09 Å². The Morgan fingerprint density at radius 2 is 2.44 bits per heavy atom. The summed E-state index contributed by atoms with van der Waals surface area (Å²) in [6.07, 6.45) is -0.868. The summed E-state index contributed by atoms with van der Waals surface area (Å²) in [5, 5.41) is 8.77. The number of rotatable bonds is 3. The molecule has 1 unspecified atom stereocenters. The lowest BCUT2D eigenvalue weighted by Gasteiger charge is -2.05. The highest BCUT2D eigenvalue weighted by molar-refractivity contribution is 5.64. The Morgan fingerprint density at radius 3 is 2.78 bits per heavy atom. The normalized spacial score (nSPS) is 12.7. The summed E-state index contributed by atoms with van der Waals surface area (Å²) in [5.41, 5.74) is 4.62. The molecule has 4 nitrogen and oxygen atoms in total. The van der Waals surface area contributed by atoms with Crippen molar-refractivity contribution in [3.05, 3.63) is 0 Å². The molecular formula is C5H11NO3. The van der Waals surface area contributed by atoms with Gasteiger partial charge in [0.2, 0.25) is 0 Å². The molecule has 3 N–H and O–H groups in total. The van der Waals surface area contributed by atoms with Crippen LogP contribution in [-0.4, -0.2) is 23.9 Å². The number of carbonyl (C=O) groups is 1. The molecule has 0 radical (unpaired) electrons. The van der Waals surface area contributed by atoms with E-state index in [1.807, 2.05) is 0 Å². The summed E-state index contributed by atoms with van der Waals surface area (Å²) in [7, 11) is 0. The minimum atomic E-state index is -0.845. The first-order valence-electron chi connectivity index (χ1n) is 2.77. The first kappa shape index (κ1) is 8.23. The van der Waals surface area contributed by atoms with Gasteiger partial charge in [-0.3, -0.25) is 0 Å². The van der Waals surface area contributed by atoms with Crippen molar-refractivity contribution < 1.29 is 14.6 Å². The maximum atomic E-state index is 9.91. The second-order valence-corrected chi connectivity index (χ2v) is 1.69. The van der Waals surface area contributed by atoms with Gasteiger partial charge in [-0.25, -0.2) is 4.79 Å². The van der Waals surface area contributed by atoms with E-state index in [-0.39, 0.29) is 6.61 Å². The van der Waals surface area contributed by atoms with Gasteiger partial charge in [-0.15, -0.1) is 0 Å². The molecule has 0 aromatic carbocycles. The molecule has 0 saturated heterocycles. The highest BCUT2D eigenvalue weighted by atomic mass is 16.6. The zero-order chi connectivity index (χ0) is 7.28. The maximum Gasteiger partial charge on any atom is 0.404 e. The van der Waals surface area contributed by atoms with Gasteiger partial charge in [0.05, 0.1) is 6.10 Å². The minimum absolute atomic E-state index is 0.00810. The van der Waals surface area contributed by atoms with Gasteiger partial charge >= 0.3 is 6.09 Å². The number of nitrogens with two attached hydrogens (primary N) is 1. The van der Waals surface area contributed by atoms with Crippen LogP contribution in [0.1, 0.15) is 13.3 Å². The fourth-order valence-corrected chi connectivity index (χ4v) is 0.296. The minimum Gasteiger partial charge on any atom is -0.447 e. The Labute approximate surface area is 53.6 Å². The molecule has 0 heterocycles. The molecule has 0 fully saturated rings. The topological polar surface area (TPSA) is 72.6 Å². The van der Waals surface area contributed by atoms with E-state index in [0.717, 1.165) is 0 Å². The molecule has 1 amide bonds. The average Bonchev–Trinajstić information content (AvgIpc) is 1.83. The predicted octanol–water partition coefficient (Wildman–Crippen LogP) is -0.147. The third-order valence-corrected chi connectivity index (χ3v) is 0.889. The van der Waals surface area contributed by atoms with E-state index < -0.39 is 12.2 Å². The first-order valence-corrected chi connectivity index (χ1v) is 2.77. The third-order valence-electron chi connectivity index (χ3n) is 0.889. The van der Waals surface area contributed by atoms with Crippen molar-refractivity contribution in [1.29, 1.82) is 0 Å². The fourth-order valence-electron chi connectivity index (χ4n) is 0.296. The Morgan fingerprint density at radius 1 is 1.89 bits per heavy atom. The van der Waals surface area contributed by atoms with E-state index in [1.54, 1.807) is 6.92 Å². The highest BCUT2D eigenvalue weighted by Gasteiger charge is 2.01. The van der Waals surface area contributed by atoms with Crippen LogP contribution in [0.2, 0.25) is 0 Å². The maximum absolute atomic E-state index is 9.91. The Hall–Kier alpha value is -0.770. The van der Waals surface area contributed by atoms with Gasteiger partial charge in [0.25, 0.3) is 0 Å². The Balaban J connectivity index is 3.16. The molecular weight excluding hydrogens is 122 g/mol. The van der Waals surface area contributed by atoms with Gasteiger partial charge in [0.1, 0.15) is 6.61 Å². The summed E-state index contributed by atoms with van der Waals surface area (Å²) in [6, 6.07) is 0. The summed E-state index contributed by atoms with van der Waals surface area (Å²) in [5.74, 6) is 0. The molecule has 4 heteroatoms. The van der Waals surface area contributed by atoms with E-state index >= 15 is 0 Å². The van der Waals surface area contributed by atoms with Crippen molar-refractivity contribution in [3.63, 3.8) is 0 Å². The van der Waals surface area contributed by atoms with Crippen LogP contribution in [-0.2, 0) is 4.74 Å². The van der Waals surface area contributed by atoms with E-state index in [1.165, 1.54) is 0 Å². The molecule has 54 valence electrons. The monoisotopic (exact) mass is 133 g/mol. The van der Waals surface area contributed by atoms with Crippen molar-refractivity contribution in [3.8, 4) is 0 Å². The predicted molar refractivity (Wildman–Crippen MR) is 31.8 cm³/mol. The molecule has 0 aromatic rings. The number of primary amides is 1. The molecule has 0 spiro atoms. The number of aliphatic hydroxyl groups excluding tert-OH is 1. The lowest BCUT2D eigenvalue weighted by Crippen LogP contribution is -2.21. The third kappa shape index (κ3) is 5.10. The molecule has 9 heavy (non-hydrogen) atoms. The largest absolute Gasteiger partial charge is 0.447 e. The van der Waals surface area contributed by atoms with Crippen molar-refractivity contribution in [2.75, 3.05) is 6.61 Å². The molecule has 0 aliphatic rings. The second kappa shape index (κ2) is 4.14. The summed E-state index contributed by atoms with van der Waals surface area (Å²) < 4.78 is 4.28. The number of carbonyl (C=O) groups excluding carboxylic acids is 1. The molecule has 0 bridgehead atoms. The number of aliphatic hydroxyl groups is 1. The van der Waals surface area contributed by atoms with Crippen molar-refractivity contribution in [1.82, 2.24) is 0 Å². The Bertz CT molecular complexity index is 94.2. The van der Waals surface area contributed by atoms with Crippen LogP contribution in [0.4, 0.5) is 4.79 Å². The fraction of sp³-hybridized carbons (Fsp3) is 0.800. The molecule has 0 aromatic heterocycles. The SMILES string of the molecule is CCC(O)COC(N)=O. The van der Waals surface area contributed by atoms with Crippen LogP contribution in [0.15, 0.2) is 0 Å². The number of hydrogen-bond acceptors (Lipinski definition) is 3. The van der Waals surface area contributed by atoms with Crippen LogP contribution in [0.25, 0.3) is 0 Å². The standard InChI is InChI=1S/C5H11NO3/c1-2-4(7)3-9-5(6)8/h4,7H,2-3H2,1H3,(H2,6,8). The number of amides is 1. The molecule has 0 saturated carbocycles. The van der Waals surface area contributed by atoms with E-state index in [4.69, 9.17) is 5.11 Å². The first-order chi connectivity index (χ1) is 4.16. The van der Waals surface area contributed by atoms with E-state index in [2.05, 4.69) is 10.5 Å². The number of ether oxygens (including phenoxy) is 1. The summed E-state index contributed by atoms with van der Waals surface area (Å²) >= 11 is 0. The van der Waals surface area contributed by atoms with Gasteiger partial charge < -0.3 is 15.6 Å². The van der Waals surface area contributed by atoms with Crippen LogP contribution in [0.3, 0.4) is 0 Å². The number of hydrogen-bond donors (Lipinski definition) is 2. The lowest BCUT2D eigenvalue weighted by molar-refractivity contribution is 0.0709. The van der Waals surface area contributed by atoms with Crippen molar-refractivity contribution in [2.45, 2.75) is 19.4 Å². The van der Waals surface area contributed by atoms with Crippen molar-refractivity contribution in [2.24, 2.45) is 5.73 Å². The van der Waals surface area contributed by atoms with Crippen LogP contribution in [0.5, 0.6) is 0 Å².